The van der Waals surface area contributed by atoms with Gasteiger partial charge in [-0.25, -0.2) is 4.79 Å². The fourth-order valence-corrected chi connectivity index (χ4v) is 2.49. The number of rotatable bonds is 2. The molecular formula is C14H9Cl4NO3. The highest BCUT2D eigenvalue weighted by Gasteiger charge is 2.45. The molecular weight excluding hydrogens is 372 g/mol. The number of oxime groups is 1. The van der Waals surface area contributed by atoms with E-state index < -0.39 is 22.0 Å². The molecule has 0 saturated carbocycles. The third-order valence-electron chi connectivity index (χ3n) is 3.01. The molecule has 1 aliphatic carbocycles. The molecule has 0 aliphatic heterocycles. The summed E-state index contributed by atoms with van der Waals surface area (Å²) in [7, 11) is 0. The van der Waals surface area contributed by atoms with E-state index in [2.05, 4.69) is 5.16 Å². The second-order valence-corrected chi connectivity index (χ2v) is 6.72. The Hall–Kier alpha value is -1.07. The Bertz CT molecular complexity index is 680. The molecule has 0 radical (unpaired) electrons. The van der Waals surface area contributed by atoms with Gasteiger partial charge in [-0.3, -0.25) is 4.79 Å². The van der Waals surface area contributed by atoms with Crippen LogP contribution in [0, 0.1) is 0 Å². The van der Waals surface area contributed by atoms with Crippen LogP contribution in [0.5, 0.6) is 0 Å². The van der Waals surface area contributed by atoms with Crippen LogP contribution in [0.4, 0.5) is 0 Å². The van der Waals surface area contributed by atoms with E-state index in [0.29, 0.717) is 5.02 Å². The summed E-state index contributed by atoms with van der Waals surface area (Å²) in [5.74, 6) is -1.21. The number of Topliss-reactive ketones (excluding diaryl/α,β-unsaturated/α-hetero) is 1. The van der Waals surface area contributed by atoms with E-state index in [4.69, 9.17) is 51.2 Å². The van der Waals surface area contributed by atoms with E-state index >= 15 is 0 Å². The first-order chi connectivity index (χ1) is 10.2. The fourth-order valence-electron chi connectivity index (χ4n) is 1.67. The van der Waals surface area contributed by atoms with Crippen LogP contribution < -0.4 is 0 Å². The summed E-state index contributed by atoms with van der Waals surface area (Å²) in [5, 5.41) is 2.93. The Morgan fingerprint density at radius 1 is 1.27 bits per heavy atom. The normalized spacial score (nSPS) is 26.8. The molecule has 1 aromatic rings. The zero-order chi connectivity index (χ0) is 16.5. The van der Waals surface area contributed by atoms with Crippen molar-refractivity contribution in [3.8, 4) is 0 Å². The molecule has 22 heavy (non-hydrogen) atoms. The van der Waals surface area contributed by atoms with Crippen molar-refractivity contribution in [3.63, 3.8) is 0 Å². The average Bonchev–Trinajstić information content (AvgIpc) is 2.48. The van der Waals surface area contributed by atoms with Crippen molar-refractivity contribution in [1.82, 2.24) is 0 Å². The molecule has 0 heterocycles. The van der Waals surface area contributed by atoms with E-state index in [9.17, 15) is 9.59 Å². The number of alkyl halides is 2. The molecule has 1 aliphatic rings. The molecule has 2 unspecified atom stereocenters. The van der Waals surface area contributed by atoms with Gasteiger partial charge in [0.25, 0.3) is 0 Å². The number of benzene rings is 1. The van der Waals surface area contributed by atoms with Crippen molar-refractivity contribution in [2.45, 2.75) is 17.2 Å². The van der Waals surface area contributed by atoms with Gasteiger partial charge in [0.2, 0.25) is 0 Å². The van der Waals surface area contributed by atoms with E-state index in [1.54, 1.807) is 12.1 Å². The summed E-state index contributed by atoms with van der Waals surface area (Å²) in [6, 6.07) is 6.06. The lowest BCUT2D eigenvalue weighted by Gasteiger charge is -2.29. The van der Waals surface area contributed by atoms with Gasteiger partial charge >= 0.3 is 5.97 Å². The molecule has 0 saturated heterocycles. The predicted octanol–water partition coefficient (Wildman–Crippen LogP) is 4.16. The van der Waals surface area contributed by atoms with Crippen molar-refractivity contribution >= 4 is 63.9 Å². The van der Waals surface area contributed by atoms with Gasteiger partial charge in [-0.1, -0.05) is 28.4 Å². The van der Waals surface area contributed by atoms with Crippen LogP contribution in [0.3, 0.4) is 0 Å². The molecule has 4 nitrogen and oxygen atoms in total. The summed E-state index contributed by atoms with van der Waals surface area (Å²) >= 11 is 23.7. The number of carbonyl (C=O) groups is 2. The topological polar surface area (TPSA) is 55.7 Å². The molecule has 8 heteroatoms. The van der Waals surface area contributed by atoms with Crippen LogP contribution in [0.15, 0.2) is 40.5 Å². The van der Waals surface area contributed by atoms with Crippen LogP contribution in [0.2, 0.25) is 5.02 Å². The van der Waals surface area contributed by atoms with Gasteiger partial charge in [-0.15, -0.1) is 23.2 Å². The van der Waals surface area contributed by atoms with Crippen LogP contribution in [-0.2, 0) is 9.63 Å². The number of ketones is 1. The first-order valence-electron chi connectivity index (χ1n) is 6.03. The molecule has 0 bridgehead atoms. The van der Waals surface area contributed by atoms with Gasteiger partial charge in [0.15, 0.2) is 5.78 Å². The molecule has 0 amide bonds. The van der Waals surface area contributed by atoms with E-state index in [-0.39, 0.29) is 16.3 Å². The van der Waals surface area contributed by atoms with Crippen LogP contribution in [0.25, 0.3) is 0 Å². The van der Waals surface area contributed by atoms with E-state index in [1.165, 1.54) is 25.1 Å². The van der Waals surface area contributed by atoms with Crippen LogP contribution >= 0.6 is 46.4 Å². The molecule has 1 aromatic carbocycles. The maximum Gasteiger partial charge on any atom is 0.365 e. The fraction of sp³-hybridized carbons (Fsp3) is 0.214. The number of nitrogens with zero attached hydrogens (tertiary/aromatic N) is 1. The summed E-state index contributed by atoms with van der Waals surface area (Å²) in [6.45, 7) is 1.49. The first kappa shape index (κ1) is 17.3. The van der Waals surface area contributed by atoms with Crippen molar-refractivity contribution in [2.24, 2.45) is 5.16 Å². The van der Waals surface area contributed by atoms with Gasteiger partial charge < -0.3 is 4.84 Å². The zero-order valence-corrected chi connectivity index (χ0v) is 14.2. The summed E-state index contributed by atoms with van der Waals surface area (Å²) in [6.07, 6.45) is 1.23. The number of carbonyl (C=O) groups excluding carboxylic acids is 2. The average molecular weight is 381 g/mol. The third kappa shape index (κ3) is 3.46. The first-order valence-corrected chi connectivity index (χ1v) is 7.60. The van der Waals surface area contributed by atoms with Gasteiger partial charge in [-0.05, 0) is 37.3 Å². The molecule has 2 rings (SSSR count). The largest absolute Gasteiger partial charge is 0.365 e. The monoisotopic (exact) mass is 379 g/mol. The SMILES string of the molecule is CC1(Cl)/C(=N/OC(=O)c2ccc(Cl)cc2)C=C(Cl)C(=O)C1Cl. The van der Waals surface area contributed by atoms with Crippen molar-refractivity contribution in [2.75, 3.05) is 0 Å². The second-order valence-electron chi connectivity index (χ2n) is 4.66. The molecule has 0 aromatic heterocycles. The Labute approximate surface area is 146 Å². The minimum Gasteiger partial charge on any atom is -0.312 e. The zero-order valence-electron chi connectivity index (χ0n) is 11.1. The van der Waals surface area contributed by atoms with E-state index in [1.807, 2.05) is 0 Å². The third-order valence-corrected chi connectivity index (χ3v) is 4.72. The van der Waals surface area contributed by atoms with Crippen LogP contribution in [-0.4, -0.2) is 27.7 Å². The Morgan fingerprint density at radius 3 is 2.45 bits per heavy atom. The molecule has 0 spiro atoms. The number of hydrogen-bond donors (Lipinski definition) is 0. The van der Waals surface area contributed by atoms with Crippen molar-refractivity contribution in [1.29, 1.82) is 0 Å². The lowest BCUT2D eigenvalue weighted by atomic mass is 9.91. The summed E-state index contributed by atoms with van der Waals surface area (Å²) < 4.78 is 0. The lowest BCUT2D eigenvalue weighted by Crippen LogP contribution is -2.46. The minimum absolute atomic E-state index is 0.0843. The summed E-state index contributed by atoms with van der Waals surface area (Å²) in [4.78, 5) is 27.0. The Kier molecular flexibility index (Phi) is 5.17. The maximum absolute atomic E-state index is 11.9. The number of halogens is 4. The standard InChI is InChI=1S/C14H9Cl4NO3/c1-14(18)10(6-9(16)11(20)12(14)17)19-22-13(21)7-2-4-8(15)5-3-7/h2-6,12H,1H3/b19-10+. The lowest BCUT2D eigenvalue weighted by molar-refractivity contribution is -0.115. The second kappa shape index (κ2) is 6.59. The van der Waals surface area contributed by atoms with Gasteiger partial charge in [0.05, 0.1) is 10.6 Å². The molecule has 0 N–H and O–H groups in total. The molecule has 2 atom stereocenters. The van der Waals surface area contributed by atoms with Gasteiger partial charge in [0.1, 0.15) is 16.0 Å². The van der Waals surface area contributed by atoms with Crippen molar-refractivity contribution in [3.05, 3.63) is 46.0 Å². The highest BCUT2D eigenvalue weighted by Crippen LogP contribution is 2.34. The summed E-state index contributed by atoms with van der Waals surface area (Å²) in [5.41, 5.74) is 0.343. The van der Waals surface area contributed by atoms with Gasteiger partial charge in [0, 0.05) is 5.02 Å². The Balaban J connectivity index is 2.23. The highest BCUT2D eigenvalue weighted by atomic mass is 35.5. The number of hydrogen-bond acceptors (Lipinski definition) is 4. The van der Waals surface area contributed by atoms with E-state index in [0.717, 1.165) is 0 Å². The van der Waals surface area contributed by atoms with Crippen molar-refractivity contribution < 1.29 is 14.4 Å². The quantitative estimate of drug-likeness (QED) is 0.439. The smallest absolute Gasteiger partial charge is 0.312 e. The highest BCUT2D eigenvalue weighted by molar-refractivity contribution is 6.57. The van der Waals surface area contributed by atoms with Gasteiger partial charge in [-0.2, -0.15) is 0 Å². The number of allylic oxidation sites excluding steroid dienone is 2. The Morgan fingerprint density at radius 2 is 1.86 bits per heavy atom. The van der Waals surface area contributed by atoms with Crippen LogP contribution in [0.1, 0.15) is 17.3 Å². The predicted molar refractivity (Wildman–Crippen MR) is 87.1 cm³/mol. The molecule has 0 fully saturated rings. The molecule has 116 valence electrons. The maximum atomic E-state index is 11.9. The minimum atomic E-state index is -1.34.